The fourth-order valence-electron chi connectivity index (χ4n) is 1.62. The molecule has 1 rings (SSSR count). The van der Waals surface area contributed by atoms with Crippen molar-refractivity contribution in [1.82, 2.24) is 5.06 Å². The van der Waals surface area contributed by atoms with Crippen molar-refractivity contribution in [3.8, 4) is 0 Å². The summed E-state index contributed by atoms with van der Waals surface area (Å²) in [6.45, 7) is 0. The highest BCUT2D eigenvalue weighted by molar-refractivity contribution is 7.98. The lowest BCUT2D eigenvalue weighted by molar-refractivity contribution is -0.156. The first-order chi connectivity index (χ1) is 9.86. The zero-order valence-electron chi connectivity index (χ0n) is 11.0. The van der Waals surface area contributed by atoms with E-state index in [4.69, 9.17) is 28.4 Å². The summed E-state index contributed by atoms with van der Waals surface area (Å²) in [5, 5.41) is 8.89. The molecule has 1 atom stereocenters. The van der Waals surface area contributed by atoms with Crippen LogP contribution in [0.4, 0.5) is 0 Å². The van der Waals surface area contributed by atoms with Crippen LogP contribution in [0, 0.1) is 0 Å². The smallest absolute Gasteiger partial charge is 0.323 e. The van der Waals surface area contributed by atoms with Crippen LogP contribution in [0.25, 0.3) is 0 Å². The van der Waals surface area contributed by atoms with Crippen LogP contribution in [0.3, 0.4) is 0 Å². The van der Waals surface area contributed by atoms with Crippen LogP contribution in [-0.2, 0) is 19.2 Å². The van der Waals surface area contributed by atoms with Gasteiger partial charge < -0.3 is 9.79 Å². The Hall–Kier alpha value is -0.670. The molecule has 12 heteroatoms. The maximum Gasteiger partial charge on any atom is 0.348 e. The minimum absolute atomic E-state index is 0.0170. The molecule has 1 aromatic carbocycles. The number of benzene rings is 1. The van der Waals surface area contributed by atoms with Crippen molar-refractivity contribution >= 4 is 46.5 Å². The van der Waals surface area contributed by atoms with E-state index in [2.05, 4.69) is 0 Å². The van der Waals surface area contributed by atoms with Crippen LogP contribution in [0.5, 0.6) is 0 Å². The summed E-state index contributed by atoms with van der Waals surface area (Å²) in [5.74, 6) is -2.52. The van der Waals surface area contributed by atoms with Gasteiger partial charge in [-0.2, -0.15) is 0 Å². The predicted octanol–water partition coefficient (Wildman–Crippen LogP) is 1.43. The number of carbonyl (C=O) groups excluding carboxylic acids is 1. The molecule has 0 bridgehead atoms. The predicted molar refractivity (Wildman–Crippen MR) is 79.6 cm³/mol. The van der Waals surface area contributed by atoms with Gasteiger partial charge in [-0.15, -0.1) is 0 Å². The standard InChI is InChI=1S/C10H12Cl2NO7PS/c1-13(15)9(14)5-22(19,20)10(21(16,17)18)6-2-3-7(11)8(12)4-6/h2-4,10,15H,5H2,1H3,(H2,16,17,18). The number of halogens is 2. The third kappa shape index (κ3) is 4.66. The van der Waals surface area contributed by atoms with E-state index < -0.39 is 34.1 Å². The molecule has 0 aliphatic carbocycles. The monoisotopic (exact) mass is 391 g/mol. The molecule has 0 spiro atoms. The third-order valence-corrected chi connectivity index (χ3v) is 7.60. The minimum atomic E-state index is -5.18. The lowest BCUT2D eigenvalue weighted by Gasteiger charge is -2.20. The van der Waals surface area contributed by atoms with Crippen molar-refractivity contribution < 1.29 is 32.8 Å². The molecule has 22 heavy (non-hydrogen) atoms. The van der Waals surface area contributed by atoms with Gasteiger partial charge in [0.1, 0.15) is 5.75 Å². The first kappa shape index (κ1) is 19.4. The van der Waals surface area contributed by atoms with Gasteiger partial charge in [0, 0.05) is 7.05 Å². The van der Waals surface area contributed by atoms with Crippen molar-refractivity contribution in [1.29, 1.82) is 0 Å². The van der Waals surface area contributed by atoms with E-state index in [1.54, 1.807) is 0 Å². The lowest BCUT2D eigenvalue weighted by Crippen LogP contribution is -2.32. The zero-order valence-corrected chi connectivity index (χ0v) is 14.3. The van der Waals surface area contributed by atoms with E-state index in [-0.39, 0.29) is 20.7 Å². The normalized spacial score (nSPS) is 13.7. The average molecular weight is 392 g/mol. The second-order valence-corrected chi connectivity index (χ2v) is 9.28. The number of rotatable bonds is 5. The average Bonchev–Trinajstić information content (AvgIpc) is 2.30. The van der Waals surface area contributed by atoms with Gasteiger partial charge in [0.05, 0.1) is 10.0 Å². The molecule has 3 N–H and O–H groups in total. The van der Waals surface area contributed by atoms with Crippen LogP contribution >= 0.6 is 30.8 Å². The van der Waals surface area contributed by atoms with Gasteiger partial charge in [-0.05, 0) is 17.7 Å². The summed E-state index contributed by atoms with van der Waals surface area (Å²) < 4.78 is 35.9. The molecule has 0 saturated heterocycles. The molecule has 1 aromatic rings. The maximum absolute atomic E-state index is 12.2. The van der Waals surface area contributed by atoms with Gasteiger partial charge >= 0.3 is 7.60 Å². The highest BCUT2D eigenvalue weighted by Crippen LogP contribution is 2.55. The summed E-state index contributed by atoms with van der Waals surface area (Å²) >= 11 is 11.4. The molecule has 0 aliphatic heterocycles. The number of amides is 1. The molecule has 0 fully saturated rings. The Morgan fingerprint density at radius 1 is 1.32 bits per heavy atom. The Morgan fingerprint density at radius 3 is 2.27 bits per heavy atom. The van der Waals surface area contributed by atoms with Gasteiger partial charge in [-0.1, -0.05) is 29.3 Å². The van der Waals surface area contributed by atoms with Gasteiger partial charge in [0.2, 0.25) is 0 Å². The fraction of sp³-hybridized carbons (Fsp3) is 0.300. The van der Waals surface area contributed by atoms with E-state index in [0.717, 1.165) is 19.2 Å². The Kier molecular flexibility index (Phi) is 6.02. The number of hydrogen-bond acceptors (Lipinski definition) is 5. The van der Waals surface area contributed by atoms with Gasteiger partial charge in [0.25, 0.3) is 5.91 Å². The Labute approximate surface area is 136 Å². The first-order valence-corrected chi connectivity index (χ1v) is 9.68. The molecular weight excluding hydrogens is 380 g/mol. The number of hydrogen-bond donors (Lipinski definition) is 3. The Morgan fingerprint density at radius 2 is 1.86 bits per heavy atom. The van der Waals surface area contributed by atoms with Crippen molar-refractivity contribution in [3.05, 3.63) is 33.8 Å². The summed E-state index contributed by atoms with van der Waals surface area (Å²) in [5.41, 5.74) is -0.309. The molecular formula is C10H12Cl2NO7PS. The molecule has 8 nitrogen and oxygen atoms in total. The third-order valence-electron chi connectivity index (χ3n) is 2.56. The fourth-order valence-corrected chi connectivity index (χ4v) is 5.62. The van der Waals surface area contributed by atoms with E-state index >= 15 is 0 Å². The lowest BCUT2D eigenvalue weighted by atomic mass is 10.2. The van der Waals surface area contributed by atoms with E-state index in [1.165, 1.54) is 6.07 Å². The van der Waals surface area contributed by atoms with Gasteiger partial charge in [0.15, 0.2) is 14.8 Å². The van der Waals surface area contributed by atoms with E-state index in [1.807, 2.05) is 0 Å². The molecule has 1 amide bonds. The van der Waals surface area contributed by atoms with Crippen LogP contribution in [0.2, 0.25) is 10.0 Å². The second-order valence-electron chi connectivity index (χ2n) is 4.34. The highest BCUT2D eigenvalue weighted by atomic mass is 35.5. The summed E-state index contributed by atoms with van der Waals surface area (Å²) in [6, 6.07) is 3.26. The molecule has 124 valence electrons. The maximum atomic E-state index is 12.2. The number of carbonyl (C=O) groups is 1. The molecule has 1 unspecified atom stereocenters. The largest absolute Gasteiger partial charge is 0.348 e. The minimum Gasteiger partial charge on any atom is -0.323 e. The van der Waals surface area contributed by atoms with Crippen molar-refractivity contribution in [2.24, 2.45) is 0 Å². The first-order valence-electron chi connectivity index (χ1n) is 5.53. The number of nitrogens with zero attached hydrogens (tertiary/aromatic N) is 1. The van der Waals surface area contributed by atoms with Crippen molar-refractivity contribution in [2.75, 3.05) is 12.8 Å². The SMILES string of the molecule is CN(O)C(=O)CS(=O)(=O)C(c1ccc(Cl)c(Cl)c1)P(=O)(O)O. The topological polar surface area (TPSA) is 132 Å². The molecule has 0 aromatic heterocycles. The summed E-state index contributed by atoms with van der Waals surface area (Å²) in [7, 11) is -8.91. The quantitative estimate of drug-likeness (QED) is 0.392. The van der Waals surface area contributed by atoms with Crippen molar-refractivity contribution in [2.45, 2.75) is 4.99 Å². The van der Waals surface area contributed by atoms with Gasteiger partial charge in [-0.3, -0.25) is 14.6 Å². The Bertz CT molecular complexity index is 731. The highest BCUT2D eigenvalue weighted by Gasteiger charge is 2.43. The van der Waals surface area contributed by atoms with E-state index in [9.17, 15) is 27.6 Å². The molecule has 0 saturated carbocycles. The molecule has 0 heterocycles. The Balaban J connectivity index is 3.39. The van der Waals surface area contributed by atoms with Crippen molar-refractivity contribution in [3.63, 3.8) is 0 Å². The van der Waals surface area contributed by atoms with Crippen LogP contribution in [0.1, 0.15) is 10.6 Å². The zero-order chi connectivity index (χ0) is 17.3. The summed E-state index contributed by atoms with van der Waals surface area (Å²) in [6.07, 6.45) is 0. The summed E-state index contributed by atoms with van der Waals surface area (Å²) in [4.78, 5) is 27.7. The second kappa shape index (κ2) is 6.84. The van der Waals surface area contributed by atoms with Crippen LogP contribution in [-0.4, -0.2) is 47.2 Å². The molecule has 0 radical (unpaired) electrons. The van der Waals surface area contributed by atoms with Crippen LogP contribution in [0.15, 0.2) is 18.2 Å². The number of sulfone groups is 1. The number of hydroxylamine groups is 2. The molecule has 0 aliphatic rings. The van der Waals surface area contributed by atoms with Crippen LogP contribution < -0.4 is 0 Å². The van der Waals surface area contributed by atoms with E-state index in [0.29, 0.717) is 0 Å². The van der Waals surface area contributed by atoms with Gasteiger partial charge in [-0.25, -0.2) is 13.5 Å².